The van der Waals surface area contributed by atoms with Gasteiger partial charge in [0.1, 0.15) is 17.4 Å². The van der Waals surface area contributed by atoms with Gasteiger partial charge in [0.25, 0.3) is 0 Å². The first-order valence-corrected chi connectivity index (χ1v) is 9.68. The topological polar surface area (TPSA) is 39.2 Å². The molecule has 0 N–H and O–H groups in total. The van der Waals surface area contributed by atoms with Crippen molar-refractivity contribution >= 4 is 43.3 Å². The number of thiazole rings is 1. The van der Waals surface area contributed by atoms with Crippen LogP contribution in [0.15, 0.2) is 77.3 Å². The van der Waals surface area contributed by atoms with E-state index in [4.69, 9.17) is 4.74 Å². The third-order valence-corrected chi connectivity index (χ3v) is 5.41. The monoisotopic (exact) mass is 423 g/mol. The number of rotatable bonds is 5. The highest BCUT2D eigenvalue weighted by Gasteiger charge is 2.16. The smallest absolute Gasteiger partial charge is 0.196 e. The molecule has 1 heterocycles. The standard InChI is InChI=1S/C21H14BrNO2S/c22-15-10-11-18(16(12-15)21(24)14-6-2-1-3-7-14)25-13-20-23-17-8-4-5-9-19(17)26-20/h1-12H,13H2. The molecule has 0 atom stereocenters. The molecule has 0 amide bonds. The average molecular weight is 424 g/mol. The number of fused-ring (bicyclic) bond motifs is 1. The predicted octanol–water partition coefficient (Wildman–Crippen LogP) is 5.87. The lowest BCUT2D eigenvalue weighted by molar-refractivity contribution is 0.103. The number of benzene rings is 3. The molecule has 4 rings (SSSR count). The summed E-state index contributed by atoms with van der Waals surface area (Å²) in [5.74, 6) is 0.493. The van der Waals surface area contributed by atoms with Crippen LogP contribution in [0.4, 0.5) is 0 Å². The molecule has 0 aliphatic carbocycles. The fourth-order valence-electron chi connectivity index (χ4n) is 2.67. The van der Waals surface area contributed by atoms with Crippen LogP contribution in [-0.2, 0) is 6.61 Å². The zero-order chi connectivity index (χ0) is 17.9. The summed E-state index contributed by atoms with van der Waals surface area (Å²) >= 11 is 5.04. The van der Waals surface area contributed by atoms with Crippen LogP contribution in [0.2, 0.25) is 0 Å². The molecule has 0 aliphatic rings. The molecule has 1 aromatic heterocycles. The molecule has 128 valence electrons. The largest absolute Gasteiger partial charge is 0.486 e. The maximum Gasteiger partial charge on any atom is 0.196 e. The van der Waals surface area contributed by atoms with Crippen molar-refractivity contribution in [2.24, 2.45) is 0 Å². The van der Waals surface area contributed by atoms with Crippen LogP contribution in [0.1, 0.15) is 20.9 Å². The van der Waals surface area contributed by atoms with Gasteiger partial charge in [-0.25, -0.2) is 4.98 Å². The zero-order valence-electron chi connectivity index (χ0n) is 13.7. The molecular weight excluding hydrogens is 410 g/mol. The molecule has 0 saturated heterocycles. The molecule has 4 aromatic rings. The summed E-state index contributed by atoms with van der Waals surface area (Å²) in [5.41, 5.74) is 2.13. The van der Waals surface area contributed by atoms with Gasteiger partial charge in [0, 0.05) is 10.0 Å². The first-order chi connectivity index (χ1) is 12.7. The zero-order valence-corrected chi connectivity index (χ0v) is 16.1. The highest BCUT2D eigenvalue weighted by atomic mass is 79.9. The Morgan fingerprint density at radius 2 is 1.77 bits per heavy atom. The van der Waals surface area contributed by atoms with Crippen LogP contribution in [0.25, 0.3) is 10.2 Å². The molecule has 5 heteroatoms. The number of hydrogen-bond donors (Lipinski definition) is 0. The van der Waals surface area contributed by atoms with Crippen LogP contribution in [-0.4, -0.2) is 10.8 Å². The molecule has 26 heavy (non-hydrogen) atoms. The summed E-state index contributed by atoms with van der Waals surface area (Å²) in [6, 6.07) is 22.7. The Hall–Kier alpha value is -2.50. The van der Waals surface area contributed by atoms with E-state index in [1.165, 1.54) is 0 Å². The van der Waals surface area contributed by atoms with Gasteiger partial charge in [0.15, 0.2) is 5.78 Å². The van der Waals surface area contributed by atoms with Gasteiger partial charge in [-0.3, -0.25) is 4.79 Å². The maximum absolute atomic E-state index is 12.9. The molecule has 0 radical (unpaired) electrons. The summed E-state index contributed by atoms with van der Waals surface area (Å²) in [5, 5.41) is 0.882. The second kappa shape index (κ2) is 7.40. The minimum absolute atomic E-state index is 0.0637. The van der Waals surface area contributed by atoms with Crippen LogP contribution < -0.4 is 4.74 Å². The Bertz CT molecular complexity index is 1040. The van der Waals surface area contributed by atoms with E-state index in [-0.39, 0.29) is 5.78 Å². The van der Waals surface area contributed by atoms with Crippen molar-refractivity contribution in [1.29, 1.82) is 0 Å². The second-order valence-corrected chi connectivity index (χ2v) is 7.73. The number of nitrogens with zero attached hydrogens (tertiary/aromatic N) is 1. The molecule has 0 unspecified atom stereocenters. The molecule has 0 saturated carbocycles. The lowest BCUT2D eigenvalue weighted by Crippen LogP contribution is -2.05. The number of ketones is 1. The fraction of sp³-hybridized carbons (Fsp3) is 0.0476. The number of carbonyl (C=O) groups excluding carboxylic acids is 1. The van der Waals surface area contributed by atoms with Crippen LogP contribution in [0.5, 0.6) is 5.75 Å². The van der Waals surface area contributed by atoms with Crippen molar-refractivity contribution in [2.45, 2.75) is 6.61 Å². The summed E-state index contributed by atoms with van der Waals surface area (Å²) in [4.78, 5) is 17.4. The molecular formula is C21H14BrNO2S. The average Bonchev–Trinajstić information content (AvgIpc) is 3.10. The quantitative estimate of drug-likeness (QED) is 0.376. The molecule has 0 fully saturated rings. The normalized spacial score (nSPS) is 10.8. The Morgan fingerprint density at radius 3 is 2.58 bits per heavy atom. The van der Waals surface area contributed by atoms with Crippen molar-refractivity contribution in [1.82, 2.24) is 4.98 Å². The van der Waals surface area contributed by atoms with Gasteiger partial charge < -0.3 is 4.74 Å². The molecule has 0 spiro atoms. The fourth-order valence-corrected chi connectivity index (χ4v) is 3.91. The van der Waals surface area contributed by atoms with Gasteiger partial charge in [-0.15, -0.1) is 11.3 Å². The van der Waals surface area contributed by atoms with Crippen LogP contribution in [0.3, 0.4) is 0 Å². The highest BCUT2D eigenvalue weighted by molar-refractivity contribution is 9.10. The minimum atomic E-state index is -0.0637. The lowest BCUT2D eigenvalue weighted by atomic mass is 10.0. The number of ether oxygens (including phenoxy) is 1. The molecule has 3 nitrogen and oxygen atoms in total. The molecule has 0 aliphatic heterocycles. The van der Waals surface area contributed by atoms with E-state index in [2.05, 4.69) is 20.9 Å². The van der Waals surface area contributed by atoms with Gasteiger partial charge in [-0.2, -0.15) is 0 Å². The highest BCUT2D eigenvalue weighted by Crippen LogP contribution is 2.28. The first kappa shape index (κ1) is 16.9. The van der Waals surface area contributed by atoms with Crippen molar-refractivity contribution in [3.05, 3.63) is 93.4 Å². The number of carbonyl (C=O) groups is 1. The van der Waals surface area contributed by atoms with Crippen molar-refractivity contribution in [3.8, 4) is 5.75 Å². The number of hydrogen-bond acceptors (Lipinski definition) is 4. The minimum Gasteiger partial charge on any atom is -0.486 e. The van der Waals surface area contributed by atoms with Gasteiger partial charge in [-0.1, -0.05) is 58.4 Å². The maximum atomic E-state index is 12.9. The molecule has 0 bridgehead atoms. The van der Waals surface area contributed by atoms with E-state index < -0.39 is 0 Å². The Kier molecular flexibility index (Phi) is 4.82. The van der Waals surface area contributed by atoms with Crippen molar-refractivity contribution in [3.63, 3.8) is 0 Å². The summed E-state index contributed by atoms with van der Waals surface area (Å²) in [7, 11) is 0. The Morgan fingerprint density at radius 1 is 1.00 bits per heavy atom. The van der Waals surface area contributed by atoms with Gasteiger partial charge in [0.2, 0.25) is 0 Å². The third kappa shape index (κ3) is 3.54. The van der Waals surface area contributed by atoms with E-state index in [0.717, 1.165) is 19.7 Å². The predicted molar refractivity (Wildman–Crippen MR) is 108 cm³/mol. The summed E-state index contributed by atoms with van der Waals surface area (Å²) in [6.45, 7) is 0.329. The number of halogens is 1. The second-order valence-electron chi connectivity index (χ2n) is 5.70. The SMILES string of the molecule is O=C(c1ccccc1)c1cc(Br)ccc1OCc1nc2ccccc2s1. The van der Waals surface area contributed by atoms with Crippen LogP contribution in [0, 0.1) is 0 Å². The Balaban J connectivity index is 1.61. The van der Waals surface area contributed by atoms with E-state index in [9.17, 15) is 4.79 Å². The molecule has 3 aromatic carbocycles. The van der Waals surface area contributed by atoms with E-state index >= 15 is 0 Å². The summed E-state index contributed by atoms with van der Waals surface area (Å²) in [6.07, 6.45) is 0. The number of aromatic nitrogens is 1. The summed E-state index contributed by atoms with van der Waals surface area (Å²) < 4.78 is 7.92. The van der Waals surface area contributed by atoms with Gasteiger partial charge >= 0.3 is 0 Å². The van der Waals surface area contributed by atoms with E-state index in [0.29, 0.717) is 23.5 Å². The first-order valence-electron chi connectivity index (χ1n) is 8.07. The van der Waals surface area contributed by atoms with Crippen LogP contribution >= 0.6 is 27.3 Å². The lowest BCUT2D eigenvalue weighted by Gasteiger charge is -2.10. The third-order valence-electron chi connectivity index (χ3n) is 3.91. The number of para-hydroxylation sites is 1. The van der Waals surface area contributed by atoms with Crippen molar-refractivity contribution in [2.75, 3.05) is 0 Å². The Labute approximate surface area is 163 Å². The van der Waals surface area contributed by atoms with E-state index in [1.54, 1.807) is 29.5 Å². The van der Waals surface area contributed by atoms with Gasteiger partial charge in [-0.05, 0) is 30.3 Å². The van der Waals surface area contributed by atoms with Gasteiger partial charge in [0.05, 0.1) is 15.8 Å². The van der Waals surface area contributed by atoms with Crippen molar-refractivity contribution < 1.29 is 9.53 Å². The van der Waals surface area contributed by atoms with E-state index in [1.807, 2.05) is 54.6 Å².